The van der Waals surface area contributed by atoms with E-state index in [9.17, 15) is 0 Å². The van der Waals surface area contributed by atoms with Gasteiger partial charge in [-0.05, 0) is 24.7 Å². The van der Waals surface area contributed by atoms with Gasteiger partial charge in [-0.2, -0.15) is 0 Å². The maximum atomic E-state index is 4.07. The average Bonchev–Trinajstić information content (AvgIpc) is 2.49. The second kappa shape index (κ2) is 5.10. The number of nitrogens with zero attached hydrogens (tertiary/aromatic N) is 3. The zero-order valence-electron chi connectivity index (χ0n) is 10.00. The van der Waals surface area contributed by atoms with E-state index in [2.05, 4.69) is 47.0 Å². The molecule has 1 unspecified atom stereocenters. The van der Waals surface area contributed by atoms with E-state index in [-0.39, 0.29) is 0 Å². The van der Waals surface area contributed by atoms with Gasteiger partial charge in [0.25, 0.3) is 0 Å². The summed E-state index contributed by atoms with van der Waals surface area (Å²) in [6.45, 7) is 6.78. The Morgan fingerprint density at radius 2 is 2.13 bits per heavy atom. The summed E-state index contributed by atoms with van der Waals surface area (Å²) in [7, 11) is 1.90. The van der Waals surface area contributed by atoms with Crippen LogP contribution in [0.2, 0.25) is 0 Å². The van der Waals surface area contributed by atoms with Gasteiger partial charge in [-0.15, -0.1) is 5.10 Å². The van der Waals surface area contributed by atoms with Gasteiger partial charge < -0.3 is 0 Å². The molecule has 4 heteroatoms. The number of hydrogen-bond donors (Lipinski definition) is 0. The lowest BCUT2D eigenvalue weighted by Gasteiger charge is -2.25. The van der Waals surface area contributed by atoms with Crippen molar-refractivity contribution in [1.29, 1.82) is 0 Å². The minimum absolute atomic E-state index is 0.336. The quantitative estimate of drug-likeness (QED) is 0.790. The third-order valence-corrected chi connectivity index (χ3v) is 4.31. The van der Waals surface area contributed by atoms with Gasteiger partial charge in [-0.25, -0.2) is 0 Å². The third-order valence-electron chi connectivity index (χ3n) is 2.48. The van der Waals surface area contributed by atoms with Gasteiger partial charge >= 0.3 is 0 Å². The highest BCUT2D eigenvalue weighted by atomic mass is 79.9. The topological polar surface area (TPSA) is 30.7 Å². The Bertz CT molecular complexity index is 301. The molecular formula is C11H20BrN3. The summed E-state index contributed by atoms with van der Waals surface area (Å²) >= 11 is 3.74. The molecule has 0 saturated carbocycles. The molecule has 0 amide bonds. The minimum atomic E-state index is 0.336. The molecule has 1 rings (SSSR count). The first-order valence-corrected chi connectivity index (χ1v) is 6.30. The second-order valence-corrected chi connectivity index (χ2v) is 6.21. The van der Waals surface area contributed by atoms with Crippen molar-refractivity contribution in [2.24, 2.45) is 12.5 Å². The van der Waals surface area contributed by atoms with Crippen LogP contribution in [0.1, 0.15) is 39.3 Å². The van der Waals surface area contributed by atoms with Crippen LogP contribution in [0.5, 0.6) is 0 Å². The van der Waals surface area contributed by atoms with Gasteiger partial charge in [0.2, 0.25) is 0 Å². The Morgan fingerprint density at radius 1 is 1.47 bits per heavy atom. The third kappa shape index (κ3) is 4.33. The molecule has 0 saturated heterocycles. The molecule has 0 spiro atoms. The van der Waals surface area contributed by atoms with Crippen molar-refractivity contribution in [1.82, 2.24) is 15.0 Å². The van der Waals surface area contributed by atoms with Crippen molar-refractivity contribution >= 4 is 15.9 Å². The van der Waals surface area contributed by atoms with Gasteiger partial charge in [0.05, 0.1) is 5.69 Å². The number of aryl methyl sites for hydroxylation is 2. The number of aromatic nitrogens is 3. The number of rotatable bonds is 4. The predicted octanol–water partition coefficient (Wildman–Crippen LogP) is 2.95. The van der Waals surface area contributed by atoms with Crippen LogP contribution in [0.25, 0.3) is 0 Å². The van der Waals surface area contributed by atoms with Crippen LogP contribution in [-0.2, 0) is 13.5 Å². The van der Waals surface area contributed by atoms with Crippen molar-refractivity contribution in [3.8, 4) is 0 Å². The summed E-state index contributed by atoms with van der Waals surface area (Å²) in [4.78, 5) is 0.571. The van der Waals surface area contributed by atoms with E-state index in [1.165, 1.54) is 6.42 Å². The molecular weight excluding hydrogens is 254 g/mol. The zero-order valence-corrected chi connectivity index (χ0v) is 11.6. The molecule has 0 radical (unpaired) electrons. The fourth-order valence-electron chi connectivity index (χ4n) is 1.41. The Balaban J connectivity index is 2.28. The highest BCUT2D eigenvalue weighted by Gasteiger charge is 2.20. The Morgan fingerprint density at radius 3 is 2.60 bits per heavy atom. The fraction of sp³-hybridized carbons (Fsp3) is 0.818. The van der Waals surface area contributed by atoms with Gasteiger partial charge in [0, 0.05) is 18.1 Å². The molecule has 0 aromatic carbocycles. The number of hydrogen-bond acceptors (Lipinski definition) is 2. The summed E-state index contributed by atoms with van der Waals surface area (Å²) < 4.78 is 1.75. The van der Waals surface area contributed by atoms with E-state index < -0.39 is 0 Å². The fourth-order valence-corrected chi connectivity index (χ4v) is 1.73. The van der Waals surface area contributed by atoms with E-state index in [0.717, 1.165) is 18.5 Å². The smallest absolute Gasteiger partial charge is 0.0827 e. The molecule has 3 nitrogen and oxygen atoms in total. The van der Waals surface area contributed by atoms with Crippen molar-refractivity contribution < 1.29 is 0 Å². The van der Waals surface area contributed by atoms with Crippen LogP contribution in [0.3, 0.4) is 0 Å². The van der Waals surface area contributed by atoms with Crippen molar-refractivity contribution in [3.63, 3.8) is 0 Å². The highest BCUT2D eigenvalue weighted by Crippen LogP contribution is 2.29. The van der Waals surface area contributed by atoms with Crippen LogP contribution in [0.4, 0.5) is 0 Å². The lowest BCUT2D eigenvalue weighted by molar-refractivity contribution is 0.380. The zero-order chi connectivity index (χ0) is 11.5. The monoisotopic (exact) mass is 273 g/mol. The Kier molecular flexibility index (Phi) is 4.32. The molecule has 15 heavy (non-hydrogen) atoms. The van der Waals surface area contributed by atoms with Gasteiger partial charge in [0.15, 0.2) is 0 Å². The summed E-state index contributed by atoms with van der Waals surface area (Å²) in [6, 6.07) is 0. The van der Waals surface area contributed by atoms with Crippen LogP contribution in [-0.4, -0.2) is 19.8 Å². The Labute approximate surface area is 100 Å². The van der Waals surface area contributed by atoms with Gasteiger partial charge in [-0.3, -0.25) is 4.68 Å². The van der Waals surface area contributed by atoms with E-state index in [4.69, 9.17) is 0 Å². The van der Waals surface area contributed by atoms with Crippen LogP contribution >= 0.6 is 15.9 Å². The molecule has 86 valence electrons. The first-order valence-electron chi connectivity index (χ1n) is 5.39. The summed E-state index contributed by atoms with van der Waals surface area (Å²) in [5.41, 5.74) is 1.42. The van der Waals surface area contributed by atoms with Gasteiger partial charge in [0.1, 0.15) is 0 Å². The molecule has 0 bridgehead atoms. The normalized spacial score (nSPS) is 14.2. The maximum absolute atomic E-state index is 4.07. The van der Waals surface area contributed by atoms with Crippen molar-refractivity contribution in [2.75, 3.05) is 0 Å². The molecule has 1 aromatic rings. The molecule has 1 aromatic heterocycles. The Hall–Kier alpha value is -0.380. The molecule has 0 N–H and O–H groups in total. The molecule has 0 aliphatic carbocycles. The molecule has 1 heterocycles. The largest absolute Gasteiger partial charge is 0.255 e. The molecule has 0 aliphatic heterocycles. The summed E-state index contributed by atoms with van der Waals surface area (Å²) in [5, 5.41) is 7.99. The van der Waals surface area contributed by atoms with Crippen LogP contribution in [0.15, 0.2) is 6.20 Å². The molecule has 0 fully saturated rings. The number of alkyl halides is 1. The SMILES string of the molecule is Cn1cc(CCCC(Br)C(C)(C)C)nn1. The predicted molar refractivity (Wildman–Crippen MR) is 66.1 cm³/mol. The lowest BCUT2D eigenvalue weighted by atomic mass is 9.89. The average molecular weight is 274 g/mol. The molecule has 1 atom stereocenters. The molecule has 0 aliphatic rings. The minimum Gasteiger partial charge on any atom is -0.255 e. The van der Waals surface area contributed by atoms with Crippen molar-refractivity contribution in [2.45, 2.75) is 44.9 Å². The highest BCUT2D eigenvalue weighted by molar-refractivity contribution is 9.09. The lowest BCUT2D eigenvalue weighted by Crippen LogP contribution is -2.20. The van der Waals surface area contributed by atoms with E-state index in [0.29, 0.717) is 10.2 Å². The van der Waals surface area contributed by atoms with Gasteiger partial charge in [-0.1, -0.05) is 41.9 Å². The van der Waals surface area contributed by atoms with E-state index in [1.54, 1.807) is 4.68 Å². The van der Waals surface area contributed by atoms with Crippen molar-refractivity contribution in [3.05, 3.63) is 11.9 Å². The standard InChI is InChI=1S/C11H20BrN3/c1-11(2,3)10(12)7-5-6-9-8-15(4)14-13-9/h8,10H,5-7H2,1-4H3. The van der Waals surface area contributed by atoms with E-state index >= 15 is 0 Å². The maximum Gasteiger partial charge on any atom is 0.0827 e. The second-order valence-electron chi connectivity index (χ2n) is 5.11. The summed E-state index contributed by atoms with van der Waals surface area (Å²) in [5.74, 6) is 0. The van der Waals surface area contributed by atoms with Crippen LogP contribution < -0.4 is 0 Å². The van der Waals surface area contributed by atoms with E-state index in [1.807, 2.05) is 13.2 Å². The summed E-state index contributed by atoms with van der Waals surface area (Å²) in [6.07, 6.45) is 5.35. The first kappa shape index (κ1) is 12.7. The van der Waals surface area contributed by atoms with Crippen LogP contribution in [0, 0.1) is 5.41 Å². The number of halogens is 1. The first-order chi connectivity index (χ1) is 6.89.